The summed E-state index contributed by atoms with van der Waals surface area (Å²) in [5, 5.41) is 51.3. The lowest BCUT2D eigenvalue weighted by Crippen LogP contribution is -2.22. The van der Waals surface area contributed by atoms with Gasteiger partial charge in [0.1, 0.15) is 17.1 Å². The molecular weight excluding hydrogens is 1160 g/mol. The molecule has 18 nitrogen and oxygen atoms in total. The van der Waals surface area contributed by atoms with E-state index in [0.717, 1.165) is 60.1 Å². The maximum absolute atomic E-state index is 12.4. The van der Waals surface area contributed by atoms with Crippen molar-refractivity contribution in [2.75, 3.05) is 10.6 Å². The molecule has 0 radical (unpaired) electrons. The number of benzene rings is 9. The van der Waals surface area contributed by atoms with Gasteiger partial charge in [-0.15, -0.1) is 0 Å². The number of H-pyrrole nitrogens is 3. The number of anilines is 2. The van der Waals surface area contributed by atoms with Crippen molar-refractivity contribution < 1.29 is 49.2 Å². The molecule has 1 aliphatic carbocycles. The van der Waals surface area contributed by atoms with Gasteiger partial charge in [0, 0.05) is 84.7 Å². The number of allylic oxidation sites excluding steroid dienone is 2. The molecule has 18 heteroatoms. The number of carbonyl (C=O) groups is 6. The molecule has 4 aromatic heterocycles. The number of nitrogens with one attached hydrogen (secondary N) is 5. The van der Waals surface area contributed by atoms with Gasteiger partial charge in [0.05, 0.1) is 50.2 Å². The zero-order valence-corrected chi connectivity index (χ0v) is 48.6. The number of aromatic nitrogens is 4. The van der Waals surface area contributed by atoms with Gasteiger partial charge >= 0.3 is 0 Å². The van der Waals surface area contributed by atoms with E-state index in [0.29, 0.717) is 90.5 Å². The monoisotopic (exact) mass is 1210 g/mol. The lowest BCUT2D eigenvalue weighted by molar-refractivity contribution is -0.113. The Morgan fingerprint density at radius 2 is 0.946 bits per heavy atom. The van der Waals surface area contributed by atoms with Crippen molar-refractivity contribution in [3.05, 3.63) is 279 Å². The maximum Gasteiger partial charge on any atom is 0.296 e. The van der Waals surface area contributed by atoms with Gasteiger partial charge in [-0.25, -0.2) is 9.98 Å². The van der Waals surface area contributed by atoms with E-state index in [9.17, 15) is 49.2 Å². The second-order valence-corrected chi connectivity index (χ2v) is 21.9. The van der Waals surface area contributed by atoms with E-state index in [1.165, 1.54) is 0 Å². The van der Waals surface area contributed by atoms with Gasteiger partial charge in [-0.05, 0) is 84.4 Å². The first-order valence-electron chi connectivity index (χ1n) is 29.1. The molecule has 0 fully saturated rings. The van der Waals surface area contributed by atoms with E-state index in [4.69, 9.17) is 0 Å². The molecule has 13 aromatic rings. The first-order valence-corrected chi connectivity index (χ1v) is 29.1. The molecule has 0 atom stereocenters. The van der Waals surface area contributed by atoms with Crippen LogP contribution in [0.15, 0.2) is 240 Å². The molecule has 0 unspecified atom stereocenters. The summed E-state index contributed by atoms with van der Waals surface area (Å²) in [6.07, 6.45) is 0.525. The summed E-state index contributed by atoms with van der Waals surface area (Å²) in [5.41, 5.74) is 12.6. The lowest BCUT2D eigenvalue weighted by atomic mass is 10.0. The summed E-state index contributed by atoms with van der Waals surface area (Å²) >= 11 is 0. The highest BCUT2D eigenvalue weighted by Crippen LogP contribution is 2.43. The van der Waals surface area contributed by atoms with Crippen LogP contribution in [0.25, 0.3) is 60.6 Å². The van der Waals surface area contributed by atoms with Crippen LogP contribution in [0, 0.1) is 0 Å². The van der Waals surface area contributed by atoms with E-state index in [-0.39, 0.29) is 46.5 Å². The van der Waals surface area contributed by atoms with E-state index >= 15 is 0 Å². The molecular formula is C74H50N8O10. The lowest BCUT2D eigenvalue weighted by Gasteiger charge is -2.02. The predicted octanol–water partition coefficient (Wildman–Crippen LogP) is 12.0. The molecule has 9 aromatic carbocycles. The van der Waals surface area contributed by atoms with Crippen molar-refractivity contribution in [1.29, 1.82) is 0 Å². The Balaban J connectivity index is 0.000000101. The van der Waals surface area contributed by atoms with Crippen molar-refractivity contribution in [2.24, 2.45) is 17.0 Å². The molecule has 92 heavy (non-hydrogen) atoms. The van der Waals surface area contributed by atoms with Gasteiger partial charge in [0.25, 0.3) is 17.6 Å². The zero-order chi connectivity index (χ0) is 63.5. The van der Waals surface area contributed by atoms with Crippen molar-refractivity contribution in [1.82, 2.24) is 19.5 Å². The summed E-state index contributed by atoms with van der Waals surface area (Å²) in [6.45, 7) is 0. The third-order valence-electron chi connectivity index (χ3n) is 16.6. The van der Waals surface area contributed by atoms with Crippen LogP contribution in [0.1, 0.15) is 58.1 Å². The summed E-state index contributed by atoms with van der Waals surface area (Å²) < 4.78 is 1.69. The number of fused-ring (bicyclic) bond motifs is 9. The number of Topliss-reactive ketones (excluding diaryl/α,β-unsaturated/α-hetero) is 4. The van der Waals surface area contributed by atoms with E-state index in [1.54, 1.807) is 54.1 Å². The number of amides is 2. The molecule has 8 heterocycles. The number of para-hydroxylation sites is 8. The average Bonchev–Trinajstić information content (AvgIpc) is 1.64. The van der Waals surface area contributed by atoms with Crippen LogP contribution in [-0.4, -0.2) is 80.6 Å². The number of aliphatic imine (C=N–C) groups is 1. The molecule has 2 amide bonds. The van der Waals surface area contributed by atoms with Crippen LogP contribution in [0.3, 0.4) is 0 Å². The first-order chi connectivity index (χ1) is 44.7. The Morgan fingerprint density at radius 1 is 0.435 bits per heavy atom. The van der Waals surface area contributed by atoms with Gasteiger partial charge in [0.15, 0.2) is 29.0 Å². The van der Waals surface area contributed by atoms with Crippen LogP contribution >= 0.6 is 0 Å². The average molecular weight is 1210 g/mol. The topological polar surface area (TPSA) is 284 Å². The standard InChI is InChI=1S/C17H12N2O2.C17H11NO2.C16H12N2O2.C16H10N2O2.C8H5NO2/c1-19-13-9-5-3-7-11(13)15(17(19)21)14-10-6-2-4-8-12(10)18-16(14)20;19-16-11-6-2-1-5-10(11)9-13(16)15-17(20)12-7-3-4-8-14(12)18-15;19-15-9-5-1-3-7-11(9)17-13(15)14-16(20)10-6-2-4-8-12(10)18-14;19-15-10-6-2-4-8-12(10)17-14(15)13-9-5-1-3-7-11(9)18-16(13)20;10-7-5-3-1-2-4-6(5)9-8(7)11/h2-9,21H,1H3;1-8,18H,9H2;1-8,17-20H;1-8,18,20H;1-4H,(H,9,10,11)/b;15-13-;;;. The molecule has 0 saturated heterocycles. The highest BCUT2D eigenvalue weighted by molar-refractivity contribution is 6.57. The fourth-order valence-electron chi connectivity index (χ4n) is 12.1. The second-order valence-electron chi connectivity index (χ2n) is 21.9. The number of carbonyl (C=O) groups excluding carboxylic acids is 6. The first kappa shape index (κ1) is 56.8. The number of nitrogens with zero attached hydrogens (tertiary/aromatic N) is 3. The summed E-state index contributed by atoms with van der Waals surface area (Å²) in [4.78, 5) is 88.9. The Hall–Kier alpha value is -13.0. The van der Waals surface area contributed by atoms with Crippen molar-refractivity contribution in [2.45, 2.75) is 6.42 Å². The molecule has 4 aliphatic heterocycles. The van der Waals surface area contributed by atoms with Crippen LogP contribution in [0.4, 0.5) is 17.1 Å². The Labute approximate surface area is 521 Å². The smallest absolute Gasteiger partial charge is 0.296 e. The summed E-state index contributed by atoms with van der Waals surface area (Å²) in [6, 6.07) is 66.4. The number of ketones is 4. The predicted molar refractivity (Wildman–Crippen MR) is 350 cm³/mol. The van der Waals surface area contributed by atoms with Crippen LogP contribution in [0.2, 0.25) is 0 Å². The minimum atomic E-state index is -0.536. The van der Waals surface area contributed by atoms with Crippen molar-refractivity contribution >= 4 is 107 Å². The molecule has 5 aliphatic rings. The number of hydrogen-bond donors (Lipinski definition) is 9. The highest BCUT2D eigenvalue weighted by atomic mass is 16.3. The van der Waals surface area contributed by atoms with Gasteiger partial charge in [-0.2, -0.15) is 0 Å². The summed E-state index contributed by atoms with van der Waals surface area (Å²) in [5.74, 6) is -1.21. The van der Waals surface area contributed by atoms with Gasteiger partial charge in [0.2, 0.25) is 11.6 Å². The Bertz CT molecular complexity index is 5400. The van der Waals surface area contributed by atoms with Crippen LogP contribution in [0.5, 0.6) is 23.3 Å². The van der Waals surface area contributed by atoms with Crippen molar-refractivity contribution in [3.63, 3.8) is 0 Å². The molecule has 0 saturated carbocycles. The molecule has 0 bridgehead atoms. The fraction of sp³-hybridized carbons (Fsp3) is 0.0270. The molecule has 18 rings (SSSR count). The number of aryl methyl sites for hydroxylation is 1. The highest BCUT2D eigenvalue weighted by Gasteiger charge is 2.35. The molecule has 0 spiro atoms. The Morgan fingerprint density at radius 3 is 1.57 bits per heavy atom. The van der Waals surface area contributed by atoms with Crippen LogP contribution in [-0.2, 0) is 23.1 Å². The number of aromatic amines is 3. The third-order valence-corrected chi connectivity index (χ3v) is 16.6. The third kappa shape index (κ3) is 9.72. The van der Waals surface area contributed by atoms with E-state index in [2.05, 4.69) is 35.6 Å². The van der Waals surface area contributed by atoms with Gasteiger partial charge < -0.3 is 50.6 Å². The van der Waals surface area contributed by atoms with Crippen LogP contribution < -0.4 is 21.2 Å². The van der Waals surface area contributed by atoms with Gasteiger partial charge in [-0.1, -0.05) is 140 Å². The SMILES string of the molecule is Cn1c(O)c(C2=c3ccccc3=NC2=O)c2ccccc21.O=C1/C(=C2\Nc3ccccc3C2=O)Cc2ccccc21.O=C1C(c2c(O)[nH]c3ccccc23)=Nc2ccccc21.O=C1Nc2ccccc2C1=O.Oc1c(-c2[nH]c3ccccc3c2O)[nH]c2ccccc12. The molecule has 9 N–H and O–H groups in total. The Kier molecular flexibility index (Phi) is 14.2. The van der Waals surface area contributed by atoms with Crippen molar-refractivity contribution in [3.8, 4) is 34.6 Å². The number of aromatic hydroxyl groups is 4. The quantitative estimate of drug-likeness (QED) is 0.0592. The zero-order valence-electron chi connectivity index (χ0n) is 48.6. The maximum atomic E-state index is 12.4. The fourth-order valence-corrected chi connectivity index (χ4v) is 12.1. The largest absolute Gasteiger partial charge is 0.505 e. The second kappa shape index (κ2) is 23.0. The van der Waals surface area contributed by atoms with Gasteiger partial charge in [-0.3, -0.25) is 28.8 Å². The van der Waals surface area contributed by atoms with E-state index in [1.807, 2.05) is 176 Å². The normalized spacial score (nSPS) is 14.6. The minimum absolute atomic E-state index is 0.0221. The number of hydrogen-bond acceptors (Lipinski definition) is 12. The number of rotatable bonds is 3. The molecule has 446 valence electrons. The minimum Gasteiger partial charge on any atom is -0.505 e. The van der Waals surface area contributed by atoms with E-state index < -0.39 is 11.7 Å². The summed E-state index contributed by atoms with van der Waals surface area (Å²) in [7, 11) is 1.78.